The van der Waals surface area contributed by atoms with Crippen LogP contribution >= 0.6 is 0 Å². The van der Waals surface area contributed by atoms with Crippen molar-refractivity contribution in [2.75, 3.05) is 48.8 Å². The van der Waals surface area contributed by atoms with Crippen LogP contribution in [0, 0.1) is 11.6 Å². The molecular formula is C41H46F2N2O8. The van der Waals surface area contributed by atoms with Crippen LogP contribution in [0.4, 0.5) is 8.78 Å². The number of pyridine rings is 2. The number of aromatic nitrogens is 2. The van der Waals surface area contributed by atoms with Gasteiger partial charge in [-0.2, -0.15) is 0 Å². The van der Waals surface area contributed by atoms with Gasteiger partial charge in [0.25, 0.3) is 0 Å². The third-order valence-electron chi connectivity index (χ3n) is 10.5. The molecule has 0 atom stereocenters. The van der Waals surface area contributed by atoms with Crippen LogP contribution in [-0.2, 0) is 25.0 Å². The Hall–Kier alpha value is -4.94. The quantitative estimate of drug-likeness (QED) is 0.154. The van der Waals surface area contributed by atoms with Crippen molar-refractivity contribution < 1.29 is 47.2 Å². The fourth-order valence-electron chi connectivity index (χ4n) is 7.78. The SMILES string of the molecule is COC(=O)c1ccc(-c2cc(OC)ncc2F)c(C2(CO)CCCC2)c1.COCC1(c2cc(C(=O)OC)ccc2-c2cc(OC)ncc2F)CCCC1. The average molecular weight is 733 g/mol. The lowest BCUT2D eigenvalue weighted by Gasteiger charge is -2.31. The molecule has 0 radical (unpaired) electrons. The molecule has 2 aliphatic rings. The Bertz CT molecular complexity index is 1920. The van der Waals surface area contributed by atoms with Gasteiger partial charge in [-0.1, -0.05) is 37.8 Å². The van der Waals surface area contributed by atoms with Gasteiger partial charge in [0.05, 0.1) is 65.2 Å². The van der Waals surface area contributed by atoms with Crippen LogP contribution in [0.3, 0.4) is 0 Å². The summed E-state index contributed by atoms with van der Waals surface area (Å²) in [5.41, 5.74) is 3.81. The number of nitrogens with zero attached hydrogens (tertiary/aromatic N) is 2. The second kappa shape index (κ2) is 17.3. The molecular weight excluding hydrogens is 686 g/mol. The zero-order chi connectivity index (χ0) is 38.2. The Morgan fingerprint density at radius 1 is 0.642 bits per heavy atom. The number of ether oxygens (including phenoxy) is 5. The number of carbonyl (C=O) groups is 2. The van der Waals surface area contributed by atoms with Crippen LogP contribution in [0.5, 0.6) is 11.8 Å². The van der Waals surface area contributed by atoms with E-state index in [1.54, 1.807) is 43.5 Å². The molecule has 12 heteroatoms. The summed E-state index contributed by atoms with van der Waals surface area (Å²) in [6, 6.07) is 13.4. The number of hydrogen-bond donors (Lipinski definition) is 1. The molecule has 0 bridgehead atoms. The predicted octanol–water partition coefficient (Wildman–Crippen LogP) is 7.63. The topological polar surface area (TPSA) is 126 Å². The number of benzene rings is 2. The monoisotopic (exact) mass is 732 g/mol. The third kappa shape index (κ3) is 8.18. The first-order chi connectivity index (χ1) is 25.6. The molecule has 0 saturated heterocycles. The molecule has 10 nitrogen and oxygen atoms in total. The molecule has 0 aliphatic heterocycles. The van der Waals surface area contributed by atoms with E-state index < -0.39 is 29.0 Å². The van der Waals surface area contributed by atoms with Crippen LogP contribution in [0.1, 0.15) is 83.2 Å². The zero-order valence-corrected chi connectivity index (χ0v) is 30.8. The second-order valence-corrected chi connectivity index (χ2v) is 13.5. The highest BCUT2D eigenvalue weighted by Gasteiger charge is 2.39. The Labute approximate surface area is 308 Å². The number of methoxy groups -OCH3 is 5. The lowest BCUT2D eigenvalue weighted by Crippen LogP contribution is -2.29. The molecule has 0 spiro atoms. The molecule has 2 aliphatic carbocycles. The number of aliphatic hydroxyl groups excluding tert-OH is 1. The van der Waals surface area contributed by atoms with E-state index in [4.69, 9.17) is 23.7 Å². The summed E-state index contributed by atoms with van der Waals surface area (Å²) in [6.45, 7) is 0.447. The van der Waals surface area contributed by atoms with E-state index in [9.17, 15) is 23.5 Å². The molecule has 2 heterocycles. The van der Waals surface area contributed by atoms with Crippen molar-refractivity contribution in [2.24, 2.45) is 0 Å². The largest absolute Gasteiger partial charge is 0.481 e. The minimum absolute atomic E-state index is 0.0610. The fourth-order valence-corrected chi connectivity index (χ4v) is 7.78. The van der Waals surface area contributed by atoms with Crippen molar-refractivity contribution in [1.82, 2.24) is 9.97 Å². The molecule has 6 rings (SSSR count). The van der Waals surface area contributed by atoms with Gasteiger partial charge in [-0.3, -0.25) is 0 Å². The molecule has 2 aromatic heterocycles. The average Bonchev–Trinajstić information content (AvgIpc) is 3.89. The first-order valence-electron chi connectivity index (χ1n) is 17.5. The number of carbonyl (C=O) groups excluding carboxylic acids is 2. The van der Waals surface area contributed by atoms with E-state index >= 15 is 0 Å². The van der Waals surface area contributed by atoms with Crippen LogP contribution in [0.25, 0.3) is 22.3 Å². The van der Waals surface area contributed by atoms with Gasteiger partial charge in [0.1, 0.15) is 11.6 Å². The van der Waals surface area contributed by atoms with E-state index in [2.05, 4.69) is 9.97 Å². The van der Waals surface area contributed by atoms with E-state index in [-0.39, 0.29) is 12.0 Å². The zero-order valence-electron chi connectivity index (χ0n) is 30.8. The summed E-state index contributed by atoms with van der Waals surface area (Å²) in [4.78, 5) is 31.9. The highest BCUT2D eigenvalue weighted by Crippen LogP contribution is 2.47. The maximum Gasteiger partial charge on any atom is 0.337 e. The summed E-state index contributed by atoms with van der Waals surface area (Å²) < 4.78 is 54.7. The van der Waals surface area contributed by atoms with Crippen molar-refractivity contribution in [1.29, 1.82) is 0 Å². The number of hydrogen-bond acceptors (Lipinski definition) is 10. The van der Waals surface area contributed by atoms with Crippen LogP contribution in [-0.4, -0.2) is 75.8 Å². The van der Waals surface area contributed by atoms with Gasteiger partial charge in [0, 0.05) is 41.2 Å². The van der Waals surface area contributed by atoms with Crippen LogP contribution in [0.2, 0.25) is 0 Å². The molecule has 2 saturated carbocycles. The van der Waals surface area contributed by atoms with Gasteiger partial charge in [0.2, 0.25) is 11.8 Å². The van der Waals surface area contributed by atoms with E-state index in [1.807, 2.05) is 6.07 Å². The Balaban J connectivity index is 0.000000204. The van der Waals surface area contributed by atoms with Gasteiger partial charge in [-0.15, -0.1) is 0 Å². The van der Waals surface area contributed by atoms with E-state index in [1.165, 1.54) is 34.5 Å². The molecule has 53 heavy (non-hydrogen) atoms. The third-order valence-corrected chi connectivity index (χ3v) is 10.5. The lowest BCUT2D eigenvalue weighted by atomic mass is 9.75. The first kappa shape index (κ1) is 39.3. The van der Waals surface area contributed by atoms with Crippen molar-refractivity contribution >= 4 is 11.9 Å². The predicted molar refractivity (Wildman–Crippen MR) is 194 cm³/mol. The van der Waals surface area contributed by atoms with Crippen molar-refractivity contribution in [3.8, 4) is 34.0 Å². The molecule has 1 N–H and O–H groups in total. The highest BCUT2D eigenvalue weighted by molar-refractivity contribution is 5.91. The van der Waals surface area contributed by atoms with Crippen molar-refractivity contribution in [3.05, 3.63) is 94.8 Å². The number of esters is 2. The summed E-state index contributed by atoms with van der Waals surface area (Å²) >= 11 is 0. The van der Waals surface area contributed by atoms with Crippen LogP contribution < -0.4 is 9.47 Å². The lowest BCUT2D eigenvalue weighted by molar-refractivity contribution is 0.0591. The van der Waals surface area contributed by atoms with Gasteiger partial charge in [0.15, 0.2) is 0 Å². The minimum Gasteiger partial charge on any atom is -0.481 e. The van der Waals surface area contributed by atoms with Gasteiger partial charge in [-0.25, -0.2) is 28.3 Å². The maximum atomic E-state index is 14.7. The van der Waals surface area contributed by atoms with Crippen molar-refractivity contribution in [3.63, 3.8) is 0 Å². The van der Waals surface area contributed by atoms with E-state index in [0.29, 0.717) is 46.2 Å². The van der Waals surface area contributed by atoms with E-state index in [0.717, 1.165) is 80.5 Å². The number of rotatable bonds is 11. The van der Waals surface area contributed by atoms with Gasteiger partial charge < -0.3 is 28.8 Å². The van der Waals surface area contributed by atoms with Crippen molar-refractivity contribution in [2.45, 2.75) is 62.2 Å². The molecule has 2 aromatic carbocycles. The molecule has 0 amide bonds. The molecule has 4 aromatic rings. The Morgan fingerprint density at radius 2 is 1.06 bits per heavy atom. The van der Waals surface area contributed by atoms with Crippen LogP contribution in [0.15, 0.2) is 60.9 Å². The maximum absolute atomic E-state index is 14.7. The smallest absolute Gasteiger partial charge is 0.337 e. The minimum atomic E-state index is -0.498. The Kier molecular flexibility index (Phi) is 12.8. The fraction of sp³-hybridized carbons (Fsp3) is 0.415. The normalized spacial score (nSPS) is 15.6. The molecule has 2 fully saturated rings. The summed E-state index contributed by atoms with van der Waals surface area (Å²) in [5.74, 6) is -1.16. The van der Waals surface area contributed by atoms with Gasteiger partial charge in [-0.05, 0) is 72.2 Å². The standard InChI is InChI=1S/C21H24FNO4.C20H22FNO4/c1-25-13-21(8-4-5-9-21)17-10-14(20(24)27-3)6-7-15(17)16-11-19(26-2)23-12-18(16)22;1-25-18-10-15(17(21)11-22-18)14-6-5-13(19(24)26-2)9-16(14)20(12-23)7-3-4-8-20/h6-7,10-12H,4-5,8-9,13H2,1-3H3;5-6,9-11,23H,3-4,7-8,12H2,1-2H3. The van der Waals surface area contributed by atoms with Gasteiger partial charge >= 0.3 is 11.9 Å². The summed E-state index contributed by atoms with van der Waals surface area (Å²) in [5, 5.41) is 10.2. The number of aliphatic hydroxyl groups is 1. The molecule has 0 unspecified atom stereocenters. The second-order valence-electron chi connectivity index (χ2n) is 13.5. The highest BCUT2D eigenvalue weighted by atomic mass is 19.1. The molecule has 282 valence electrons. The Morgan fingerprint density at radius 3 is 1.43 bits per heavy atom. The summed E-state index contributed by atoms with van der Waals surface area (Å²) in [6.07, 6.45) is 9.76. The first-order valence-corrected chi connectivity index (χ1v) is 17.5. The number of halogens is 2. The summed E-state index contributed by atoms with van der Waals surface area (Å²) in [7, 11) is 7.30.